The number of rotatable bonds is 4. The fraction of sp³-hybridized carbons (Fsp3) is 0.462. The lowest BCUT2D eigenvalue weighted by atomic mass is 10.4. The largest absolute Gasteiger partial charge is 0.474 e. The molecule has 1 fully saturated rings. The molecule has 0 atom stereocenters. The first-order chi connectivity index (χ1) is 8.84. The van der Waals surface area contributed by atoms with Gasteiger partial charge in [0.25, 0.3) is 5.88 Å². The Hall–Kier alpha value is -1.75. The molecule has 1 aliphatic rings. The van der Waals surface area contributed by atoms with E-state index in [1.54, 1.807) is 4.52 Å². The summed E-state index contributed by atoms with van der Waals surface area (Å²) in [5.74, 6) is 0.542. The van der Waals surface area contributed by atoms with Crippen LogP contribution in [-0.2, 0) is 0 Å². The molecule has 18 heavy (non-hydrogen) atoms. The molecular weight excluding hydrogens is 228 g/mol. The molecule has 3 heterocycles. The van der Waals surface area contributed by atoms with Gasteiger partial charge >= 0.3 is 0 Å². The maximum atomic E-state index is 6.01. The lowest BCUT2D eigenvalue weighted by Gasteiger charge is -2.13. The van der Waals surface area contributed by atoms with Crippen molar-refractivity contribution >= 4 is 11.2 Å². The number of nitrogens with zero attached hydrogens (tertiary/aromatic N) is 3. The third-order valence-electron chi connectivity index (χ3n) is 3.39. The number of nitrogens with two attached hydrogens (primary N) is 1. The topological polar surface area (TPSA) is 55.8 Å². The van der Waals surface area contributed by atoms with Gasteiger partial charge in [-0.3, -0.25) is 4.90 Å². The van der Waals surface area contributed by atoms with Crippen LogP contribution in [0.4, 0.5) is 5.69 Å². The summed E-state index contributed by atoms with van der Waals surface area (Å²) in [6, 6.07) is 5.81. The van der Waals surface area contributed by atoms with Gasteiger partial charge < -0.3 is 10.5 Å². The van der Waals surface area contributed by atoms with Crippen LogP contribution in [0.25, 0.3) is 5.52 Å². The Bertz CT molecular complexity index is 531. The molecule has 96 valence electrons. The lowest BCUT2D eigenvalue weighted by molar-refractivity contribution is 0.232. The van der Waals surface area contributed by atoms with Crippen LogP contribution < -0.4 is 10.5 Å². The number of hydrogen-bond acceptors (Lipinski definition) is 4. The Morgan fingerprint density at radius 3 is 2.89 bits per heavy atom. The molecule has 2 aromatic rings. The molecule has 0 spiro atoms. The summed E-state index contributed by atoms with van der Waals surface area (Å²) in [6.07, 6.45) is 4.48. The second-order valence-corrected chi connectivity index (χ2v) is 4.65. The van der Waals surface area contributed by atoms with E-state index < -0.39 is 0 Å². The highest BCUT2D eigenvalue weighted by atomic mass is 16.5. The van der Waals surface area contributed by atoms with Crippen molar-refractivity contribution in [3.05, 3.63) is 24.4 Å². The zero-order chi connectivity index (χ0) is 12.4. The molecule has 5 nitrogen and oxygen atoms in total. The van der Waals surface area contributed by atoms with Crippen LogP contribution in [0.3, 0.4) is 0 Å². The van der Waals surface area contributed by atoms with E-state index in [0.717, 1.165) is 12.1 Å². The first-order valence-electron chi connectivity index (χ1n) is 6.42. The quantitative estimate of drug-likeness (QED) is 0.885. The summed E-state index contributed by atoms with van der Waals surface area (Å²) < 4.78 is 7.44. The normalized spacial score (nSPS) is 16.4. The first kappa shape index (κ1) is 11.3. The lowest BCUT2D eigenvalue weighted by Crippen LogP contribution is -2.25. The fourth-order valence-corrected chi connectivity index (χ4v) is 2.38. The number of pyridine rings is 1. The van der Waals surface area contributed by atoms with E-state index in [4.69, 9.17) is 10.5 Å². The molecule has 0 unspecified atom stereocenters. The van der Waals surface area contributed by atoms with E-state index in [0.29, 0.717) is 18.2 Å². The molecule has 0 aromatic carbocycles. The number of likely N-dealkylation sites (tertiary alicyclic amines) is 1. The van der Waals surface area contributed by atoms with Crippen molar-refractivity contribution in [3.63, 3.8) is 0 Å². The molecule has 0 radical (unpaired) electrons. The predicted octanol–water partition coefficient (Wildman–Crippen LogP) is 1.39. The average molecular weight is 246 g/mol. The summed E-state index contributed by atoms with van der Waals surface area (Å²) in [6.45, 7) is 3.97. The highest BCUT2D eigenvalue weighted by Crippen LogP contribution is 2.24. The summed E-state index contributed by atoms with van der Waals surface area (Å²) in [4.78, 5) is 2.41. The van der Waals surface area contributed by atoms with Crippen LogP contribution in [0.5, 0.6) is 5.88 Å². The van der Waals surface area contributed by atoms with Gasteiger partial charge in [-0.25, -0.2) is 4.52 Å². The summed E-state index contributed by atoms with van der Waals surface area (Å²) in [5.41, 5.74) is 7.53. The number of fused-ring (bicyclic) bond motifs is 1. The standard InChI is InChI=1S/C13H18N4O/c14-12-11-5-1-2-8-17(11)15-13(12)18-10-9-16-6-3-4-7-16/h1-2,5,8H,3-4,6-7,9-10,14H2. The van der Waals surface area contributed by atoms with Crippen molar-refractivity contribution in [2.24, 2.45) is 0 Å². The smallest absolute Gasteiger partial charge is 0.257 e. The number of ether oxygens (including phenoxy) is 1. The molecule has 0 saturated carbocycles. The summed E-state index contributed by atoms with van der Waals surface area (Å²) >= 11 is 0. The number of anilines is 1. The minimum atomic E-state index is 0.542. The van der Waals surface area contributed by atoms with Crippen molar-refractivity contribution in [3.8, 4) is 5.88 Å². The zero-order valence-electron chi connectivity index (χ0n) is 10.4. The molecule has 0 aliphatic carbocycles. The Balaban J connectivity index is 1.65. The molecule has 2 N–H and O–H groups in total. The van der Waals surface area contributed by atoms with Crippen molar-refractivity contribution in [2.75, 3.05) is 32.0 Å². The van der Waals surface area contributed by atoms with E-state index in [1.165, 1.54) is 25.9 Å². The van der Waals surface area contributed by atoms with Gasteiger partial charge in [-0.05, 0) is 38.1 Å². The van der Waals surface area contributed by atoms with Gasteiger partial charge in [0.1, 0.15) is 12.3 Å². The van der Waals surface area contributed by atoms with Gasteiger partial charge in [0.2, 0.25) is 0 Å². The predicted molar refractivity (Wildman–Crippen MR) is 70.8 cm³/mol. The molecular formula is C13H18N4O. The minimum Gasteiger partial charge on any atom is -0.474 e. The second kappa shape index (κ2) is 4.86. The minimum absolute atomic E-state index is 0.542. The monoisotopic (exact) mass is 246 g/mol. The van der Waals surface area contributed by atoms with Gasteiger partial charge in [-0.2, -0.15) is 0 Å². The molecule has 1 aliphatic heterocycles. The third kappa shape index (κ3) is 2.13. The van der Waals surface area contributed by atoms with Crippen LogP contribution in [0.1, 0.15) is 12.8 Å². The van der Waals surface area contributed by atoms with Crippen LogP contribution in [-0.4, -0.2) is 40.8 Å². The summed E-state index contributed by atoms with van der Waals surface area (Å²) in [7, 11) is 0. The van der Waals surface area contributed by atoms with E-state index in [-0.39, 0.29) is 0 Å². The SMILES string of the molecule is Nc1c(OCCN2CCCC2)nn2ccccc12. The Labute approximate surface area is 106 Å². The third-order valence-corrected chi connectivity index (χ3v) is 3.39. The average Bonchev–Trinajstić information content (AvgIpc) is 3.00. The van der Waals surface area contributed by atoms with E-state index >= 15 is 0 Å². The van der Waals surface area contributed by atoms with Crippen molar-refractivity contribution in [1.29, 1.82) is 0 Å². The maximum Gasteiger partial charge on any atom is 0.257 e. The highest BCUT2D eigenvalue weighted by molar-refractivity contribution is 5.74. The summed E-state index contributed by atoms with van der Waals surface area (Å²) in [5, 5.41) is 4.33. The Morgan fingerprint density at radius 2 is 2.11 bits per heavy atom. The van der Waals surface area contributed by atoms with Crippen molar-refractivity contribution < 1.29 is 4.74 Å². The molecule has 5 heteroatoms. The fourth-order valence-electron chi connectivity index (χ4n) is 2.38. The number of aromatic nitrogens is 2. The van der Waals surface area contributed by atoms with Gasteiger partial charge in [0, 0.05) is 12.7 Å². The van der Waals surface area contributed by atoms with E-state index in [9.17, 15) is 0 Å². The number of hydrogen-bond donors (Lipinski definition) is 1. The second-order valence-electron chi connectivity index (χ2n) is 4.65. The Kier molecular flexibility index (Phi) is 3.06. The zero-order valence-corrected chi connectivity index (χ0v) is 10.4. The highest BCUT2D eigenvalue weighted by Gasteiger charge is 2.13. The van der Waals surface area contributed by atoms with Gasteiger partial charge in [-0.15, -0.1) is 5.10 Å². The molecule has 1 saturated heterocycles. The molecule has 0 amide bonds. The van der Waals surface area contributed by atoms with Crippen LogP contribution in [0.15, 0.2) is 24.4 Å². The first-order valence-corrected chi connectivity index (χ1v) is 6.42. The van der Waals surface area contributed by atoms with Crippen molar-refractivity contribution in [1.82, 2.24) is 14.5 Å². The van der Waals surface area contributed by atoms with E-state index in [1.807, 2.05) is 24.4 Å². The molecule has 2 aromatic heterocycles. The van der Waals surface area contributed by atoms with Crippen molar-refractivity contribution in [2.45, 2.75) is 12.8 Å². The van der Waals surface area contributed by atoms with Gasteiger partial charge in [0.05, 0.1) is 5.52 Å². The Morgan fingerprint density at radius 1 is 1.28 bits per heavy atom. The number of nitrogen functional groups attached to an aromatic ring is 1. The van der Waals surface area contributed by atoms with Gasteiger partial charge in [-0.1, -0.05) is 6.07 Å². The molecule has 0 bridgehead atoms. The maximum absolute atomic E-state index is 6.01. The van der Waals surface area contributed by atoms with Gasteiger partial charge in [0.15, 0.2) is 0 Å². The van der Waals surface area contributed by atoms with Crippen LogP contribution in [0.2, 0.25) is 0 Å². The molecule has 3 rings (SSSR count). The van der Waals surface area contributed by atoms with Crippen LogP contribution >= 0.6 is 0 Å². The van der Waals surface area contributed by atoms with E-state index in [2.05, 4.69) is 10.00 Å². The van der Waals surface area contributed by atoms with Crippen LogP contribution in [0, 0.1) is 0 Å².